The Morgan fingerprint density at radius 3 is 2.65 bits per heavy atom. The second kappa shape index (κ2) is 6.04. The third-order valence-electron chi connectivity index (χ3n) is 3.27. The summed E-state index contributed by atoms with van der Waals surface area (Å²) in [6.45, 7) is 6.99. The molecule has 1 aromatic rings. The molecule has 1 saturated heterocycles. The number of aromatic nitrogens is 1. The average molecular weight is 301 g/mol. The highest BCUT2D eigenvalue weighted by molar-refractivity contribution is 6.16. The van der Waals surface area contributed by atoms with Crippen molar-refractivity contribution in [1.82, 2.24) is 10.1 Å². The summed E-state index contributed by atoms with van der Waals surface area (Å²) in [6, 6.07) is 1.90. The van der Waals surface area contributed by atoms with E-state index in [9.17, 15) is 4.79 Å². The molecule has 0 bridgehead atoms. The van der Waals surface area contributed by atoms with Gasteiger partial charge in [-0.15, -0.1) is 11.6 Å². The van der Waals surface area contributed by atoms with E-state index in [1.54, 1.807) is 4.90 Å². The predicted molar refractivity (Wildman–Crippen MR) is 75.8 cm³/mol. The van der Waals surface area contributed by atoms with E-state index in [4.69, 9.17) is 20.9 Å². The molecule has 1 aliphatic heterocycles. The summed E-state index contributed by atoms with van der Waals surface area (Å²) in [7, 11) is 0. The molecule has 6 heteroatoms. The Morgan fingerprint density at radius 1 is 1.50 bits per heavy atom. The largest absolute Gasteiger partial charge is 0.444 e. The van der Waals surface area contributed by atoms with E-state index in [1.807, 2.05) is 26.8 Å². The highest BCUT2D eigenvalue weighted by atomic mass is 35.5. The fourth-order valence-corrected chi connectivity index (χ4v) is 2.39. The van der Waals surface area contributed by atoms with E-state index in [0.717, 1.165) is 18.5 Å². The molecule has 0 radical (unpaired) electrons. The number of likely N-dealkylation sites (tertiary alicyclic amines) is 1. The Bertz CT molecular complexity index is 459. The Kier molecular flexibility index (Phi) is 4.58. The molecule has 0 saturated carbocycles. The van der Waals surface area contributed by atoms with Crippen molar-refractivity contribution in [1.29, 1.82) is 0 Å². The third-order valence-corrected chi connectivity index (χ3v) is 3.54. The molecule has 0 atom stereocenters. The van der Waals surface area contributed by atoms with Crippen molar-refractivity contribution in [2.75, 3.05) is 13.1 Å². The number of carbonyl (C=O) groups excluding carboxylic acids is 1. The quantitative estimate of drug-likeness (QED) is 0.784. The van der Waals surface area contributed by atoms with E-state index in [0.29, 0.717) is 30.6 Å². The van der Waals surface area contributed by atoms with Crippen LogP contribution in [0.5, 0.6) is 0 Å². The molecular formula is C14H21ClN2O3. The second-order valence-corrected chi connectivity index (χ2v) is 6.36. The Morgan fingerprint density at radius 2 is 2.15 bits per heavy atom. The first-order valence-electron chi connectivity index (χ1n) is 6.88. The van der Waals surface area contributed by atoms with Crippen LogP contribution in [0.2, 0.25) is 0 Å². The summed E-state index contributed by atoms with van der Waals surface area (Å²) < 4.78 is 10.5. The van der Waals surface area contributed by atoms with Crippen molar-refractivity contribution >= 4 is 17.7 Å². The number of halogens is 1. The van der Waals surface area contributed by atoms with E-state index in [-0.39, 0.29) is 6.09 Å². The fourth-order valence-electron chi connectivity index (χ4n) is 2.27. The highest BCUT2D eigenvalue weighted by Crippen LogP contribution is 2.28. The topological polar surface area (TPSA) is 55.6 Å². The minimum Gasteiger partial charge on any atom is -0.444 e. The first kappa shape index (κ1) is 15.2. The number of carbonyl (C=O) groups is 1. The van der Waals surface area contributed by atoms with E-state index in [1.165, 1.54) is 0 Å². The summed E-state index contributed by atoms with van der Waals surface area (Å²) in [6.07, 6.45) is 1.50. The first-order valence-corrected chi connectivity index (χ1v) is 7.42. The SMILES string of the molecule is CC(C)(C)OC(=O)N1CCC(c2cc(CCl)on2)CC1. The Hall–Kier alpha value is -1.23. The average Bonchev–Trinajstić information content (AvgIpc) is 2.85. The normalized spacial score (nSPS) is 17.3. The van der Waals surface area contributed by atoms with Gasteiger partial charge in [0.15, 0.2) is 5.76 Å². The molecule has 112 valence electrons. The number of rotatable bonds is 2. The number of piperidine rings is 1. The summed E-state index contributed by atoms with van der Waals surface area (Å²) in [5, 5.41) is 4.05. The zero-order chi connectivity index (χ0) is 14.8. The van der Waals surface area contributed by atoms with E-state index in [2.05, 4.69) is 5.16 Å². The van der Waals surface area contributed by atoms with Gasteiger partial charge in [-0.1, -0.05) is 5.16 Å². The van der Waals surface area contributed by atoms with Crippen LogP contribution in [0.25, 0.3) is 0 Å². The van der Waals surface area contributed by atoms with Gasteiger partial charge in [-0.25, -0.2) is 4.79 Å². The van der Waals surface area contributed by atoms with Gasteiger partial charge in [-0.05, 0) is 33.6 Å². The molecule has 0 unspecified atom stereocenters. The van der Waals surface area contributed by atoms with Crippen LogP contribution in [0.1, 0.15) is 51.0 Å². The summed E-state index contributed by atoms with van der Waals surface area (Å²) >= 11 is 5.70. The van der Waals surface area contributed by atoms with Crippen LogP contribution in [-0.4, -0.2) is 34.8 Å². The van der Waals surface area contributed by atoms with E-state index < -0.39 is 5.60 Å². The molecule has 2 rings (SSSR count). The van der Waals surface area contributed by atoms with Gasteiger partial charge in [-0.2, -0.15) is 0 Å². The number of alkyl halides is 1. The third kappa shape index (κ3) is 3.88. The zero-order valence-electron chi connectivity index (χ0n) is 12.2. The van der Waals surface area contributed by atoms with Crippen molar-refractivity contribution in [2.45, 2.75) is 51.0 Å². The molecule has 1 fully saturated rings. The van der Waals surface area contributed by atoms with Crippen molar-refractivity contribution in [2.24, 2.45) is 0 Å². The maximum Gasteiger partial charge on any atom is 0.410 e. The van der Waals surface area contributed by atoms with Gasteiger partial charge in [0.1, 0.15) is 5.60 Å². The van der Waals surface area contributed by atoms with Gasteiger partial charge in [0.2, 0.25) is 0 Å². The lowest BCUT2D eigenvalue weighted by Gasteiger charge is -2.32. The molecule has 1 aromatic heterocycles. The standard InChI is InChI=1S/C14H21ClN2O3/c1-14(2,3)19-13(18)17-6-4-10(5-7-17)12-8-11(9-15)20-16-12/h8,10H,4-7,9H2,1-3H3. The molecule has 1 aliphatic rings. The predicted octanol–water partition coefficient (Wildman–Crippen LogP) is 3.53. The lowest BCUT2D eigenvalue weighted by Crippen LogP contribution is -2.41. The summed E-state index contributed by atoms with van der Waals surface area (Å²) in [4.78, 5) is 13.7. The molecule has 1 amide bonds. The zero-order valence-corrected chi connectivity index (χ0v) is 12.9. The second-order valence-electron chi connectivity index (χ2n) is 6.09. The molecular weight excluding hydrogens is 280 g/mol. The molecule has 0 aromatic carbocycles. The van der Waals surface area contributed by atoms with Crippen LogP contribution in [0.3, 0.4) is 0 Å². The minimum atomic E-state index is -0.449. The van der Waals surface area contributed by atoms with Gasteiger partial charge in [0, 0.05) is 25.1 Å². The first-order chi connectivity index (χ1) is 9.39. The van der Waals surface area contributed by atoms with Gasteiger partial charge in [0.25, 0.3) is 0 Å². The smallest absolute Gasteiger partial charge is 0.410 e. The molecule has 0 aliphatic carbocycles. The lowest BCUT2D eigenvalue weighted by atomic mass is 9.94. The Balaban J connectivity index is 1.87. The van der Waals surface area contributed by atoms with E-state index >= 15 is 0 Å². The Labute approximate surface area is 124 Å². The molecule has 0 N–H and O–H groups in total. The lowest BCUT2D eigenvalue weighted by molar-refractivity contribution is 0.0203. The van der Waals surface area contributed by atoms with Crippen LogP contribution in [0.4, 0.5) is 4.79 Å². The van der Waals surface area contributed by atoms with Gasteiger partial charge in [-0.3, -0.25) is 0 Å². The summed E-state index contributed by atoms with van der Waals surface area (Å²) in [5.74, 6) is 1.36. The van der Waals surface area contributed by atoms with Crippen LogP contribution in [0.15, 0.2) is 10.6 Å². The number of amides is 1. The van der Waals surface area contributed by atoms with Crippen LogP contribution >= 0.6 is 11.6 Å². The number of hydrogen-bond donors (Lipinski definition) is 0. The maximum atomic E-state index is 12.0. The maximum absolute atomic E-state index is 12.0. The molecule has 5 nitrogen and oxygen atoms in total. The monoisotopic (exact) mass is 300 g/mol. The van der Waals surface area contributed by atoms with Crippen molar-refractivity contribution in [3.8, 4) is 0 Å². The number of ether oxygens (including phenoxy) is 1. The fraction of sp³-hybridized carbons (Fsp3) is 0.714. The van der Waals surface area contributed by atoms with Gasteiger partial charge >= 0.3 is 6.09 Å². The number of hydrogen-bond acceptors (Lipinski definition) is 4. The van der Waals surface area contributed by atoms with Gasteiger partial charge in [0.05, 0.1) is 11.6 Å². The molecule has 2 heterocycles. The van der Waals surface area contributed by atoms with Crippen LogP contribution in [0, 0.1) is 0 Å². The van der Waals surface area contributed by atoms with Crippen molar-refractivity contribution in [3.63, 3.8) is 0 Å². The van der Waals surface area contributed by atoms with Crippen molar-refractivity contribution in [3.05, 3.63) is 17.5 Å². The minimum absolute atomic E-state index is 0.238. The van der Waals surface area contributed by atoms with Crippen LogP contribution in [-0.2, 0) is 10.6 Å². The summed E-state index contributed by atoms with van der Waals surface area (Å²) in [5.41, 5.74) is 0.486. The van der Waals surface area contributed by atoms with Crippen molar-refractivity contribution < 1.29 is 14.1 Å². The van der Waals surface area contributed by atoms with Crippen LogP contribution < -0.4 is 0 Å². The van der Waals surface area contributed by atoms with Gasteiger partial charge < -0.3 is 14.2 Å². The molecule has 0 spiro atoms. The highest BCUT2D eigenvalue weighted by Gasteiger charge is 2.28. The number of nitrogens with zero attached hydrogens (tertiary/aromatic N) is 2. The molecule has 20 heavy (non-hydrogen) atoms.